The maximum absolute atomic E-state index is 4.71. The van der Waals surface area contributed by atoms with E-state index in [-0.39, 0.29) is 8.84 Å². The maximum atomic E-state index is 4.71. The Labute approximate surface area is 124 Å². The molecular weight excluding hydrogens is 347 g/mol. The molecule has 3 heteroatoms. The molecule has 16 heavy (non-hydrogen) atoms. The summed E-state index contributed by atoms with van der Waals surface area (Å²) >= 11 is 11.7. The summed E-state index contributed by atoms with van der Waals surface area (Å²) in [5.74, 6) is 0. The summed E-state index contributed by atoms with van der Waals surface area (Å²) in [4.78, 5) is 2.12. The molecule has 0 heterocycles. The average Bonchev–Trinajstić information content (AvgIpc) is 2.04. The van der Waals surface area contributed by atoms with Gasteiger partial charge in [-0.25, -0.2) is 0 Å². The van der Waals surface area contributed by atoms with E-state index in [0.717, 1.165) is 9.79 Å². The van der Waals surface area contributed by atoms with E-state index in [1.54, 1.807) is 0 Å². The molecule has 0 atom stereocenters. The molecule has 0 N–H and O–H groups in total. The standard InChI is InChI=1S/C13H19IS2/c1-12(2,3)9-6-8(15)7-10(11(9)16)13(4,5)14/h6-7,15-16H,1-5H3. The highest BCUT2D eigenvalue weighted by molar-refractivity contribution is 14.1. The van der Waals surface area contributed by atoms with Crippen LogP contribution in [0.3, 0.4) is 0 Å². The fourth-order valence-corrected chi connectivity index (χ4v) is 3.29. The van der Waals surface area contributed by atoms with Crippen LogP contribution in [0.5, 0.6) is 0 Å². The van der Waals surface area contributed by atoms with Crippen molar-refractivity contribution < 1.29 is 0 Å². The van der Waals surface area contributed by atoms with Crippen molar-refractivity contribution in [2.24, 2.45) is 0 Å². The van der Waals surface area contributed by atoms with Crippen molar-refractivity contribution in [2.45, 2.75) is 53.2 Å². The molecule has 0 nitrogen and oxygen atoms in total. The molecule has 1 aromatic carbocycles. The first-order chi connectivity index (χ1) is 7.03. The second-order valence-corrected chi connectivity index (χ2v) is 9.27. The largest absolute Gasteiger partial charge is 0.143 e. The van der Waals surface area contributed by atoms with E-state index in [0.29, 0.717) is 0 Å². The quantitative estimate of drug-likeness (QED) is 0.379. The summed E-state index contributed by atoms with van der Waals surface area (Å²) in [6, 6.07) is 4.24. The molecule has 1 aromatic rings. The van der Waals surface area contributed by atoms with Crippen LogP contribution < -0.4 is 0 Å². The third-order valence-corrected chi connectivity index (χ3v) is 3.86. The van der Waals surface area contributed by atoms with E-state index in [1.165, 1.54) is 11.1 Å². The first kappa shape index (κ1) is 14.7. The lowest BCUT2D eigenvalue weighted by molar-refractivity contribution is 0.571. The monoisotopic (exact) mass is 366 g/mol. The van der Waals surface area contributed by atoms with Gasteiger partial charge >= 0.3 is 0 Å². The number of hydrogen-bond acceptors (Lipinski definition) is 2. The van der Waals surface area contributed by atoms with Gasteiger partial charge in [-0.15, -0.1) is 25.3 Å². The van der Waals surface area contributed by atoms with E-state index in [9.17, 15) is 0 Å². The van der Waals surface area contributed by atoms with Crippen molar-refractivity contribution in [2.75, 3.05) is 0 Å². The van der Waals surface area contributed by atoms with Crippen LogP contribution in [-0.4, -0.2) is 0 Å². The van der Waals surface area contributed by atoms with Crippen molar-refractivity contribution in [3.63, 3.8) is 0 Å². The summed E-state index contributed by atoms with van der Waals surface area (Å²) in [5, 5.41) is 0. The third-order valence-electron chi connectivity index (χ3n) is 2.54. The second kappa shape index (κ2) is 4.73. The lowest BCUT2D eigenvalue weighted by atomic mass is 9.84. The molecule has 0 radical (unpaired) electrons. The molecule has 0 unspecified atom stereocenters. The normalized spacial score (nSPS) is 13.0. The summed E-state index contributed by atoms with van der Waals surface area (Å²) in [5.41, 5.74) is 2.63. The number of rotatable bonds is 1. The van der Waals surface area contributed by atoms with E-state index < -0.39 is 0 Å². The minimum Gasteiger partial charge on any atom is -0.143 e. The Hall–Kier alpha value is 0.650. The van der Waals surface area contributed by atoms with Gasteiger partial charge in [0.2, 0.25) is 0 Å². The van der Waals surface area contributed by atoms with Gasteiger partial charge in [-0.05, 0) is 42.5 Å². The molecule has 0 saturated heterocycles. The Bertz CT molecular complexity index is 362. The lowest BCUT2D eigenvalue weighted by Gasteiger charge is -2.27. The van der Waals surface area contributed by atoms with Gasteiger partial charge in [-0.2, -0.15) is 0 Å². The molecule has 0 aliphatic carbocycles. The predicted octanol–water partition coefficient (Wildman–Crippen LogP) is 5.23. The predicted molar refractivity (Wildman–Crippen MR) is 86.7 cm³/mol. The van der Waals surface area contributed by atoms with E-state index in [4.69, 9.17) is 12.6 Å². The zero-order valence-corrected chi connectivity index (χ0v) is 14.4. The fraction of sp³-hybridized carbons (Fsp3) is 0.538. The van der Waals surface area contributed by atoms with Gasteiger partial charge in [-0.3, -0.25) is 0 Å². The van der Waals surface area contributed by atoms with Crippen LogP contribution in [0.1, 0.15) is 45.7 Å². The minimum atomic E-state index is 0.0770. The first-order valence-corrected chi connectivity index (χ1v) is 7.26. The SMILES string of the molecule is CC(C)(C)c1cc(S)cc(C(C)(C)I)c1S. The summed E-state index contributed by atoms with van der Waals surface area (Å²) < 4.78 is 0.0770. The van der Waals surface area contributed by atoms with Gasteiger partial charge < -0.3 is 0 Å². The summed E-state index contributed by atoms with van der Waals surface area (Å²) in [7, 11) is 0. The number of thiol groups is 2. The van der Waals surface area contributed by atoms with Gasteiger partial charge in [0.05, 0.1) is 0 Å². The van der Waals surface area contributed by atoms with Crippen LogP contribution in [0.2, 0.25) is 0 Å². The Balaban J connectivity index is 3.51. The topological polar surface area (TPSA) is 0 Å². The van der Waals surface area contributed by atoms with E-state index >= 15 is 0 Å². The van der Waals surface area contributed by atoms with Crippen LogP contribution in [0, 0.1) is 0 Å². The zero-order valence-electron chi connectivity index (χ0n) is 10.4. The zero-order chi connectivity index (χ0) is 12.7. The highest BCUT2D eigenvalue weighted by Gasteiger charge is 2.25. The lowest BCUT2D eigenvalue weighted by Crippen LogP contribution is -2.16. The van der Waals surface area contributed by atoms with Gasteiger partial charge in [0.25, 0.3) is 0 Å². The number of benzene rings is 1. The number of halogens is 1. The van der Waals surface area contributed by atoms with Crippen LogP contribution in [0.25, 0.3) is 0 Å². The van der Waals surface area contributed by atoms with Crippen LogP contribution >= 0.6 is 47.8 Å². The molecule has 0 saturated carbocycles. The molecule has 90 valence electrons. The van der Waals surface area contributed by atoms with Gasteiger partial charge in [-0.1, -0.05) is 43.4 Å². The van der Waals surface area contributed by atoms with Crippen LogP contribution in [0.15, 0.2) is 21.9 Å². The van der Waals surface area contributed by atoms with Crippen molar-refractivity contribution >= 4 is 47.8 Å². The van der Waals surface area contributed by atoms with Crippen molar-refractivity contribution in [3.05, 3.63) is 23.3 Å². The maximum Gasteiger partial charge on any atom is 0.0425 e. The highest BCUT2D eigenvalue weighted by Crippen LogP contribution is 2.41. The Morgan fingerprint density at radius 2 is 1.38 bits per heavy atom. The Kier molecular flexibility index (Phi) is 4.35. The molecular formula is C13H19IS2. The van der Waals surface area contributed by atoms with Crippen molar-refractivity contribution in [1.29, 1.82) is 0 Å². The average molecular weight is 366 g/mol. The number of hydrogen-bond donors (Lipinski definition) is 2. The van der Waals surface area contributed by atoms with Gasteiger partial charge in [0, 0.05) is 13.2 Å². The Morgan fingerprint density at radius 3 is 1.75 bits per heavy atom. The number of alkyl halides is 1. The Morgan fingerprint density at radius 1 is 0.938 bits per heavy atom. The van der Waals surface area contributed by atoms with Gasteiger partial charge in [0.1, 0.15) is 0 Å². The van der Waals surface area contributed by atoms with E-state index in [2.05, 4.69) is 82.0 Å². The van der Waals surface area contributed by atoms with Crippen molar-refractivity contribution in [1.82, 2.24) is 0 Å². The first-order valence-electron chi connectivity index (χ1n) is 5.29. The molecule has 0 fully saturated rings. The third kappa shape index (κ3) is 3.33. The van der Waals surface area contributed by atoms with Crippen molar-refractivity contribution in [3.8, 4) is 0 Å². The summed E-state index contributed by atoms with van der Waals surface area (Å²) in [6.07, 6.45) is 0. The fourth-order valence-electron chi connectivity index (χ4n) is 1.64. The smallest absolute Gasteiger partial charge is 0.0425 e. The highest BCUT2D eigenvalue weighted by atomic mass is 127. The molecule has 0 aliphatic heterocycles. The van der Waals surface area contributed by atoms with Crippen LogP contribution in [-0.2, 0) is 8.84 Å². The van der Waals surface area contributed by atoms with Gasteiger partial charge in [0.15, 0.2) is 0 Å². The summed E-state index contributed by atoms with van der Waals surface area (Å²) in [6.45, 7) is 11.0. The molecule has 0 spiro atoms. The molecule has 0 amide bonds. The molecule has 1 rings (SSSR count). The minimum absolute atomic E-state index is 0.0770. The van der Waals surface area contributed by atoms with E-state index in [1.807, 2.05) is 0 Å². The molecule has 0 aromatic heterocycles. The van der Waals surface area contributed by atoms with Crippen LogP contribution in [0.4, 0.5) is 0 Å². The molecule has 0 bridgehead atoms. The molecule has 0 aliphatic rings. The second-order valence-electron chi connectivity index (χ2n) is 5.61.